The molecule has 0 saturated carbocycles. The number of nitrogens with zero attached hydrogens (tertiary/aromatic N) is 3. The number of amides is 2. The summed E-state index contributed by atoms with van der Waals surface area (Å²) in [7, 11) is 1.44. The van der Waals surface area contributed by atoms with Crippen molar-refractivity contribution in [2.24, 2.45) is 5.92 Å². The Morgan fingerprint density at radius 1 is 1.36 bits per heavy atom. The van der Waals surface area contributed by atoms with Crippen molar-refractivity contribution in [3.05, 3.63) is 16.1 Å². The molecule has 1 saturated heterocycles. The van der Waals surface area contributed by atoms with Gasteiger partial charge >= 0.3 is 12.3 Å². The van der Waals surface area contributed by atoms with Crippen LogP contribution in [0.3, 0.4) is 0 Å². The molecule has 0 spiro atoms. The second-order valence-corrected chi connectivity index (χ2v) is 7.82. The van der Waals surface area contributed by atoms with Gasteiger partial charge < -0.3 is 14.5 Å². The number of thiazole rings is 1. The van der Waals surface area contributed by atoms with Crippen LogP contribution in [-0.2, 0) is 10.9 Å². The SMILES string of the molecule is CN(CC1CN(C(=O)OC(C)(C)C)C1)C(=O)c1scnc1C(F)(F)F. The highest BCUT2D eigenvalue weighted by Crippen LogP contribution is 2.33. The first-order valence-electron chi connectivity index (χ1n) is 7.62. The molecule has 0 aromatic carbocycles. The van der Waals surface area contributed by atoms with E-state index < -0.39 is 34.3 Å². The second kappa shape index (κ2) is 6.81. The van der Waals surface area contributed by atoms with Crippen LogP contribution in [-0.4, -0.2) is 59.1 Å². The van der Waals surface area contributed by atoms with Crippen molar-refractivity contribution in [3.63, 3.8) is 0 Å². The quantitative estimate of drug-likeness (QED) is 0.810. The molecule has 1 aromatic heterocycles. The van der Waals surface area contributed by atoms with E-state index in [1.165, 1.54) is 16.8 Å². The molecule has 2 heterocycles. The summed E-state index contributed by atoms with van der Waals surface area (Å²) in [6, 6.07) is 0. The van der Waals surface area contributed by atoms with E-state index in [1.807, 2.05) is 0 Å². The average Bonchev–Trinajstić information content (AvgIpc) is 2.88. The van der Waals surface area contributed by atoms with E-state index in [1.54, 1.807) is 20.8 Å². The third-order valence-corrected chi connectivity index (χ3v) is 4.33. The van der Waals surface area contributed by atoms with E-state index in [-0.39, 0.29) is 12.5 Å². The normalized spacial score (nSPS) is 15.7. The minimum atomic E-state index is -4.66. The Morgan fingerprint density at radius 3 is 2.48 bits per heavy atom. The van der Waals surface area contributed by atoms with Crippen molar-refractivity contribution >= 4 is 23.3 Å². The molecule has 140 valence electrons. The lowest BCUT2D eigenvalue weighted by Crippen LogP contribution is -2.55. The summed E-state index contributed by atoms with van der Waals surface area (Å²) in [6.45, 7) is 6.36. The van der Waals surface area contributed by atoms with Gasteiger partial charge in [0.05, 0.1) is 5.51 Å². The van der Waals surface area contributed by atoms with Crippen molar-refractivity contribution < 1.29 is 27.5 Å². The second-order valence-electron chi connectivity index (χ2n) is 6.96. The Labute approximate surface area is 147 Å². The van der Waals surface area contributed by atoms with Crippen LogP contribution < -0.4 is 0 Å². The van der Waals surface area contributed by atoms with E-state index in [0.717, 1.165) is 5.51 Å². The first-order chi connectivity index (χ1) is 11.4. The molecule has 1 aromatic rings. The van der Waals surface area contributed by atoms with Gasteiger partial charge in [-0.3, -0.25) is 4.79 Å². The maximum atomic E-state index is 12.8. The number of rotatable bonds is 3. The molecule has 2 amide bonds. The lowest BCUT2D eigenvalue weighted by Gasteiger charge is -2.41. The number of carbonyl (C=O) groups is 2. The smallest absolute Gasteiger partial charge is 0.434 e. The third-order valence-electron chi connectivity index (χ3n) is 3.52. The topological polar surface area (TPSA) is 62.7 Å². The van der Waals surface area contributed by atoms with Crippen LogP contribution in [0.2, 0.25) is 0 Å². The summed E-state index contributed by atoms with van der Waals surface area (Å²) in [5.41, 5.74) is -0.731. The van der Waals surface area contributed by atoms with Gasteiger partial charge in [0, 0.05) is 32.6 Å². The summed E-state index contributed by atoms with van der Waals surface area (Å²) in [4.78, 5) is 29.7. The van der Waals surface area contributed by atoms with Gasteiger partial charge in [-0.2, -0.15) is 13.2 Å². The molecule has 1 aliphatic heterocycles. The lowest BCUT2D eigenvalue weighted by atomic mass is 10.0. The van der Waals surface area contributed by atoms with E-state index >= 15 is 0 Å². The van der Waals surface area contributed by atoms with Crippen LogP contribution in [0.1, 0.15) is 36.1 Å². The molecule has 0 N–H and O–H groups in total. The van der Waals surface area contributed by atoms with Crippen molar-refractivity contribution in [3.8, 4) is 0 Å². The van der Waals surface area contributed by atoms with Crippen LogP contribution in [0.25, 0.3) is 0 Å². The Bertz CT molecular complexity index is 648. The fraction of sp³-hybridized carbons (Fsp3) is 0.667. The number of ether oxygens (including phenoxy) is 1. The fourth-order valence-corrected chi connectivity index (χ4v) is 3.20. The Kier molecular flexibility index (Phi) is 5.31. The number of hydrogen-bond acceptors (Lipinski definition) is 5. The third kappa shape index (κ3) is 4.83. The maximum Gasteiger partial charge on any atom is 0.434 e. The highest BCUT2D eigenvalue weighted by atomic mass is 32.1. The fourth-order valence-electron chi connectivity index (χ4n) is 2.40. The van der Waals surface area contributed by atoms with Gasteiger partial charge in [0.2, 0.25) is 0 Å². The van der Waals surface area contributed by atoms with Crippen LogP contribution in [0, 0.1) is 5.92 Å². The number of hydrogen-bond donors (Lipinski definition) is 0. The zero-order valence-corrected chi connectivity index (χ0v) is 15.2. The Balaban J connectivity index is 1.88. The van der Waals surface area contributed by atoms with E-state index in [2.05, 4.69) is 4.98 Å². The largest absolute Gasteiger partial charge is 0.444 e. The number of likely N-dealkylation sites (tertiary alicyclic amines) is 1. The van der Waals surface area contributed by atoms with E-state index in [9.17, 15) is 22.8 Å². The molecule has 0 bridgehead atoms. The number of aromatic nitrogens is 1. The Hall–Kier alpha value is -1.84. The van der Waals surface area contributed by atoms with E-state index in [4.69, 9.17) is 4.74 Å². The summed E-state index contributed by atoms with van der Waals surface area (Å²) in [5.74, 6) is -0.714. The first kappa shape index (κ1) is 19.5. The minimum Gasteiger partial charge on any atom is -0.444 e. The molecule has 1 fully saturated rings. The summed E-state index contributed by atoms with van der Waals surface area (Å²) in [5, 5.41) is 0. The molecule has 2 rings (SSSR count). The molecule has 0 aliphatic carbocycles. The van der Waals surface area contributed by atoms with E-state index in [0.29, 0.717) is 24.4 Å². The van der Waals surface area contributed by atoms with Crippen molar-refractivity contribution in [2.45, 2.75) is 32.5 Å². The monoisotopic (exact) mass is 379 g/mol. The van der Waals surface area contributed by atoms with Crippen molar-refractivity contribution in [1.82, 2.24) is 14.8 Å². The molecular formula is C15H20F3N3O3S. The van der Waals surface area contributed by atoms with Gasteiger partial charge in [-0.15, -0.1) is 11.3 Å². The van der Waals surface area contributed by atoms with Gasteiger partial charge in [-0.25, -0.2) is 9.78 Å². The van der Waals surface area contributed by atoms with Gasteiger partial charge in [-0.1, -0.05) is 0 Å². The van der Waals surface area contributed by atoms with Gasteiger partial charge in [0.25, 0.3) is 5.91 Å². The van der Waals surface area contributed by atoms with Crippen molar-refractivity contribution in [1.29, 1.82) is 0 Å². The van der Waals surface area contributed by atoms with Gasteiger partial charge in [0.15, 0.2) is 5.69 Å². The minimum absolute atomic E-state index is 0.00345. The molecule has 0 unspecified atom stereocenters. The van der Waals surface area contributed by atoms with Crippen LogP contribution in [0.5, 0.6) is 0 Å². The highest BCUT2D eigenvalue weighted by Gasteiger charge is 2.40. The van der Waals surface area contributed by atoms with Crippen LogP contribution >= 0.6 is 11.3 Å². The number of carbonyl (C=O) groups excluding carboxylic acids is 2. The number of halogens is 3. The molecule has 10 heteroatoms. The van der Waals surface area contributed by atoms with Crippen molar-refractivity contribution in [2.75, 3.05) is 26.7 Å². The summed E-state index contributed by atoms with van der Waals surface area (Å²) >= 11 is 0.670. The lowest BCUT2D eigenvalue weighted by molar-refractivity contribution is -0.141. The van der Waals surface area contributed by atoms with Crippen LogP contribution in [0.15, 0.2) is 5.51 Å². The number of alkyl halides is 3. The zero-order chi connectivity index (χ0) is 19.0. The average molecular weight is 379 g/mol. The zero-order valence-electron chi connectivity index (χ0n) is 14.4. The summed E-state index contributed by atoms with van der Waals surface area (Å²) < 4.78 is 43.7. The summed E-state index contributed by atoms with van der Waals surface area (Å²) in [6.07, 6.45) is -5.09. The molecular weight excluding hydrogens is 359 g/mol. The molecule has 0 radical (unpaired) electrons. The standard InChI is InChI=1S/C15H20F3N3O3S/c1-14(2,3)24-13(23)21-6-9(7-21)5-20(4)12(22)10-11(15(16,17)18)19-8-25-10/h8-9H,5-7H2,1-4H3. The maximum absolute atomic E-state index is 12.8. The molecule has 0 atom stereocenters. The first-order valence-corrected chi connectivity index (χ1v) is 8.50. The predicted molar refractivity (Wildman–Crippen MR) is 85.4 cm³/mol. The van der Waals surface area contributed by atoms with Crippen LogP contribution in [0.4, 0.5) is 18.0 Å². The predicted octanol–water partition coefficient (Wildman–Crippen LogP) is 3.10. The Morgan fingerprint density at radius 2 is 1.96 bits per heavy atom. The van der Waals surface area contributed by atoms with Gasteiger partial charge in [0.1, 0.15) is 10.5 Å². The molecule has 25 heavy (non-hydrogen) atoms. The molecule has 6 nitrogen and oxygen atoms in total. The van der Waals surface area contributed by atoms with Gasteiger partial charge in [-0.05, 0) is 20.8 Å². The highest BCUT2D eigenvalue weighted by molar-refractivity contribution is 7.11. The molecule has 1 aliphatic rings.